The summed E-state index contributed by atoms with van der Waals surface area (Å²) in [6, 6.07) is 0. The minimum Gasteiger partial charge on any atom is -0.394 e. The average Bonchev–Trinajstić information content (AvgIpc) is 4.15. The lowest BCUT2D eigenvalue weighted by atomic mass is 9.99. The van der Waals surface area contributed by atoms with E-state index in [4.69, 9.17) is 65.8 Å². The van der Waals surface area contributed by atoms with E-state index >= 15 is 0 Å². The van der Waals surface area contributed by atoms with Crippen LogP contribution < -0.4 is 0 Å². The van der Waals surface area contributed by atoms with Crippen molar-refractivity contribution in [2.45, 2.75) is 162 Å². The highest BCUT2D eigenvalue weighted by Gasteiger charge is 2.58. The second-order valence-electron chi connectivity index (χ2n) is 16.5. The number of ether oxygens (including phenoxy) is 9. The Labute approximate surface area is 396 Å². The van der Waals surface area contributed by atoms with Crippen LogP contribution in [0.3, 0.4) is 0 Å². The largest absolute Gasteiger partial charge is 0.394 e. The smallest absolute Gasteiger partial charge is 0.214 e. The molecule has 4 saturated heterocycles. The average molecular weight is 1020 g/mol. The van der Waals surface area contributed by atoms with Crippen molar-refractivity contribution >= 4 is 23.2 Å². The van der Waals surface area contributed by atoms with Gasteiger partial charge in [0.2, 0.25) is 5.79 Å². The summed E-state index contributed by atoms with van der Waals surface area (Å²) in [7, 11) is 0. The van der Waals surface area contributed by atoms with Crippen LogP contribution in [0.25, 0.3) is 0 Å². The van der Waals surface area contributed by atoms with Gasteiger partial charge in [0.25, 0.3) is 0 Å². The zero-order valence-corrected chi connectivity index (χ0v) is 37.8. The Morgan fingerprint density at radius 1 is 0.574 bits per heavy atom. The first-order chi connectivity index (χ1) is 32.6. The van der Waals surface area contributed by atoms with E-state index in [0.29, 0.717) is 25.5 Å². The Hall–Kier alpha value is -2.80. The van der Waals surface area contributed by atoms with E-state index in [2.05, 4.69) is 30.9 Å². The molecule has 384 valence electrons. The van der Waals surface area contributed by atoms with Crippen molar-refractivity contribution in [3.63, 3.8) is 0 Å². The SMILES string of the molecule is CCOCCOCc1cn(CC2O[C@H](OCc3cn(C[C@H]4O[C@H](OCc5cn(C[C@H]6OC(CCl)(O[C@H]7O[C@H](CO)[C@H](Cl)[C@H](O)[C@H]7O)[C@@H](O)[C@@H]6O)nn5)[C@@H](O)[C@@H](O)[C@@H]4O)nn3)[C@@H](O)[C@@H](O)[C@@H]2O)nn1. The maximum Gasteiger partial charge on any atom is 0.214 e. The first-order valence-corrected chi connectivity index (χ1v) is 22.5. The van der Waals surface area contributed by atoms with Gasteiger partial charge in [-0.3, -0.25) is 0 Å². The summed E-state index contributed by atoms with van der Waals surface area (Å²) in [6.45, 7) is 1.66. The number of hydrogen-bond donors (Lipinski definition) is 11. The van der Waals surface area contributed by atoms with Crippen molar-refractivity contribution < 1.29 is 98.8 Å². The second-order valence-corrected chi connectivity index (χ2v) is 17.3. The van der Waals surface area contributed by atoms with Crippen LogP contribution in [0, 0.1) is 0 Å². The lowest BCUT2D eigenvalue weighted by Crippen LogP contribution is -2.61. The zero-order valence-electron chi connectivity index (χ0n) is 36.3. The molecule has 0 saturated carbocycles. The third kappa shape index (κ3) is 12.1. The molecule has 68 heavy (non-hydrogen) atoms. The number of aliphatic hydroxyl groups excluding tert-OH is 11. The Morgan fingerprint density at radius 3 is 1.51 bits per heavy atom. The highest BCUT2D eigenvalue weighted by Crippen LogP contribution is 2.38. The minimum atomic E-state index is -2.15. The van der Waals surface area contributed by atoms with Crippen molar-refractivity contribution in [2.75, 3.05) is 32.3 Å². The molecular formula is C37H57Cl2N9O20. The Balaban J connectivity index is 0.886. The highest BCUT2D eigenvalue weighted by molar-refractivity contribution is 6.21. The Kier molecular flexibility index (Phi) is 18.4. The van der Waals surface area contributed by atoms with Crippen LogP contribution in [0.4, 0.5) is 0 Å². The fourth-order valence-corrected chi connectivity index (χ4v) is 8.37. The van der Waals surface area contributed by atoms with E-state index in [0.717, 1.165) is 0 Å². The minimum absolute atomic E-state index is 0.0508. The molecule has 4 aliphatic rings. The highest BCUT2D eigenvalue weighted by atomic mass is 35.5. The monoisotopic (exact) mass is 1020 g/mol. The van der Waals surface area contributed by atoms with Crippen LogP contribution >= 0.6 is 23.2 Å². The van der Waals surface area contributed by atoms with Gasteiger partial charge in [0.05, 0.1) is 89.1 Å². The molecule has 0 aromatic carbocycles. The summed E-state index contributed by atoms with van der Waals surface area (Å²) in [5.41, 5.74) is 0.901. The lowest BCUT2D eigenvalue weighted by molar-refractivity contribution is -0.358. The van der Waals surface area contributed by atoms with Gasteiger partial charge >= 0.3 is 0 Å². The third-order valence-corrected chi connectivity index (χ3v) is 12.5. The van der Waals surface area contributed by atoms with E-state index < -0.39 is 128 Å². The molecule has 0 radical (unpaired) electrons. The molecular weight excluding hydrogens is 961 g/mol. The van der Waals surface area contributed by atoms with Gasteiger partial charge < -0.3 is 98.8 Å². The number of halogens is 2. The fraction of sp³-hybridized carbons (Fsp3) is 0.838. The molecule has 2 unspecified atom stereocenters. The fourth-order valence-electron chi connectivity index (χ4n) is 7.80. The zero-order chi connectivity index (χ0) is 48.9. The van der Waals surface area contributed by atoms with Crippen LogP contribution in [-0.2, 0) is 82.1 Å². The van der Waals surface area contributed by atoms with Crippen LogP contribution in [-0.4, -0.2) is 249 Å². The van der Waals surface area contributed by atoms with Crippen molar-refractivity contribution in [3.05, 3.63) is 35.7 Å². The summed E-state index contributed by atoms with van der Waals surface area (Å²) in [6.07, 6.45) is -21.4. The molecule has 19 atom stereocenters. The van der Waals surface area contributed by atoms with Gasteiger partial charge in [0.1, 0.15) is 103 Å². The molecule has 4 fully saturated rings. The predicted octanol–water partition coefficient (Wildman–Crippen LogP) is -6.82. The maximum absolute atomic E-state index is 11.0. The molecule has 0 bridgehead atoms. The van der Waals surface area contributed by atoms with Crippen molar-refractivity contribution in [2.24, 2.45) is 0 Å². The van der Waals surface area contributed by atoms with E-state index in [-0.39, 0.29) is 50.8 Å². The van der Waals surface area contributed by atoms with Crippen molar-refractivity contribution in [3.8, 4) is 0 Å². The lowest BCUT2D eigenvalue weighted by Gasteiger charge is -2.43. The molecule has 3 aromatic heterocycles. The Morgan fingerprint density at radius 2 is 1.03 bits per heavy atom. The van der Waals surface area contributed by atoms with Crippen LogP contribution in [0.2, 0.25) is 0 Å². The number of alkyl halides is 2. The topological polar surface area (TPSA) is 398 Å². The van der Waals surface area contributed by atoms with Crippen LogP contribution in [0.1, 0.15) is 24.0 Å². The predicted molar refractivity (Wildman–Crippen MR) is 218 cm³/mol. The standard InChI is InChI=1S/C37H57Cl2N9O20/c1-2-60-3-4-61-12-16-5-46(43-40-16)8-19-24(50)28(54)31(57)34(64-19)62-13-17-6-47(44-41-17)9-20-25(51)29(55)32(58)35(65-20)63-14-18-7-48(45-42-18)10-21-26(52)33(59)37(15-38,67-21)68-36-30(56)27(53)23(39)22(11-49)66-36/h5-7,19-36,49-59H,2-4,8-15H2,1H3/t19?,20-,21-,22-,23+,24-,25-,26-,27+,28+,29+,30-,31+,32+,33+,34+,35+,36-,37?/m1/s1. The molecule has 31 heteroatoms. The van der Waals surface area contributed by atoms with Gasteiger partial charge in [-0.1, -0.05) is 15.6 Å². The molecule has 0 amide bonds. The van der Waals surface area contributed by atoms with E-state index in [9.17, 15) is 56.2 Å². The molecule has 7 rings (SSSR count). The summed E-state index contributed by atoms with van der Waals surface area (Å²) in [5, 5.41) is 139. The number of aliphatic hydroxyl groups is 11. The molecule has 7 heterocycles. The Bertz CT molecular complexity index is 2010. The molecule has 3 aromatic rings. The quantitative estimate of drug-likeness (QED) is 0.0329. The summed E-state index contributed by atoms with van der Waals surface area (Å²) < 4.78 is 54.7. The van der Waals surface area contributed by atoms with Gasteiger partial charge in [-0.25, -0.2) is 14.0 Å². The number of nitrogens with zero attached hydrogens (tertiary/aromatic N) is 9. The van der Waals surface area contributed by atoms with Gasteiger partial charge in [-0.2, -0.15) is 0 Å². The maximum atomic E-state index is 11.0. The third-order valence-electron chi connectivity index (χ3n) is 11.6. The molecule has 11 N–H and O–H groups in total. The first-order valence-electron chi connectivity index (χ1n) is 21.6. The summed E-state index contributed by atoms with van der Waals surface area (Å²) in [5.74, 6) is -2.73. The van der Waals surface area contributed by atoms with Crippen molar-refractivity contribution in [1.82, 2.24) is 45.0 Å². The van der Waals surface area contributed by atoms with Crippen molar-refractivity contribution in [1.29, 1.82) is 0 Å². The van der Waals surface area contributed by atoms with E-state index in [1.54, 1.807) is 6.20 Å². The van der Waals surface area contributed by atoms with E-state index in [1.807, 2.05) is 6.92 Å². The normalized spacial score (nSPS) is 38.9. The van der Waals surface area contributed by atoms with Gasteiger partial charge in [0.15, 0.2) is 18.9 Å². The number of hydrogen-bond acceptors (Lipinski definition) is 26. The van der Waals surface area contributed by atoms with Crippen LogP contribution in [0.15, 0.2) is 18.6 Å². The molecule has 4 aliphatic heterocycles. The number of aromatic nitrogens is 9. The van der Waals surface area contributed by atoms with Gasteiger partial charge in [-0.15, -0.1) is 38.5 Å². The summed E-state index contributed by atoms with van der Waals surface area (Å²) in [4.78, 5) is 0. The van der Waals surface area contributed by atoms with E-state index in [1.165, 1.54) is 26.4 Å². The van der Waals surface area contributed by atoms with Crippen LogP contribution in [0.5, 0.6) is 0 Å². The molecule has 0 spiro atoms. The first kappa shape index (κ1) is 53.0. The molecule has 0 aliphatic carbocycles. The van der Waals surface area contributed by atoms with Gasteiger partial charge in [0, 0.05) is 6.61 Å². The second kappa shape index (κ2) is 23.6. The van der Waals surface area contributed by atoms with Gasteiger partial charge in [-0.05, 0) is 6.92 Å². The molecule has 29 nitrogen and oxygen atoms in total. The summed E-state index contributed by atoms with van der Waals surface area (Å²) >= 11 is 12.2. The number of rotatable bonds is 22.